The van der Waals surface area contributed by atoms with Gasteiger partial charge in [0.2, 0.25) is 5.88 Å². The summed E-state index contributed by atoms with van der Waals surface area (Å²) >= 11 is 5.91. The van der Waals surface area contributed by atoms with Crippen LogP contribution in [0.2, 0.25) is 0 Å². The largest absolute Gasteiger partial charge is 0.492 e. The number of halogens is 3. The molecule has 0 saturated heterocycles. The van der Waals surface area contributed by atoms with Gasteiger partial charge in [0.15, 0.2) is 0 Å². The number of aromatic amines is 1. The molecule has 2 N–H and O–H groups in total. The predicted octanol–water partition coefficient (Wildman–Crippen LogP) is 2.81. The van der Waals surface area contributed by atoms with Gasteiger partial charge < -0.3 is 10.1 Å². The molecule has 0 aliphatic carbocycles. The first-order valence-corrected chi connectivity index (χ1v) is 6.02. The van der Waals surface area contributed by atoms with Gasteiger partial charge in [-0.3, -0.25) is 4.79 Å². The van der Waals surface area contributed by atoms with E-state index >= 15 is 0 Å². The van der Waals surface area contributed by atoms with Gasteiger partial charge in [0.25, 0.3) is 5.56 Å². The SMILES string of the molecule is O=c1[nH]c(-c2ccc(F)c(Br)c2)nc(O)c1Br. The van der Waals surface area contributed by atoms with Crippen molar-refractivity contribution in [2.45, 2.75) is 0 Å². The smallest absolute Gasteiger partial charge is 0.269 e. The first kappa shape index (κ1) is 12.3. The van der Waals surface area contributed by atoms with Crippen LogP contribution in [0.4, 0.5) is 4.39 Å². The van der Waals surface area contributed by atoms with Crippen molar-refractivity contribution in [2.75, 3.05) is 0 Å². The Bertz CT molecular complexity index is 643. The van der Waals surface area contributed by atoms with Crippen molar-refractivity contribution in [2.24, 2.45) is 0 Å². The Morgan fingerprint density at radius 3 is 2.65 bits per heavy atom. The van der Waals surface area contributed by atoms with Gasteiger partial charge in [0, 0.05) is 5.56 Å². The molecule has 0 amide bonds. The minimum atomic E-state index is -0.507. The van der Waals surface area contributed by atoms with E-state index in [1.54, 1.807) is 0 Å². The lowest BCUT2D eigenvalue weighted by Crippen LogP contribution is -2.09. The molecule has 1 aromatic heterocycles. The average Bonchev–Trinajstić information content (AvgIpc) is 2.29. The number of aromatic hydroxyl groups is 1. The highest BCUT2D eigenvalue weighted by atomic mass is 79.9. The number of rotatable bonds is 1. The minimum Gasteiger partial charge on any atom is -0.492 e. The zero-order valence-electron chi connectivity index (χ0n) is 8.17. The lowest BCUT2D eigenvalue weighted by Gasteiger charge is -2.03. The molecule has 0 radical (unpaired) electrons. The highest BCUT2D eigenvalue weighted by molar-refractivity contribution is 9.10. The van der Waals surface area contributed by atoms with Crippen LogP contribution in [0.15, 0.2) is 31.9 Å². The van der Waals surface area contributed by atoms with E-state index in [4.69, 9.17) is 0 Å². The van der Waals surface area contributed by atoms with Crippen molar-refractivity contribution in [3.05, 3.63) is 43.3 Å². The average molecular weight is 364 g/mol. The second-order valence-electron chi connectivity index (χ2n) is 3.18. The zero-order chi connectivity index (χ0) is 12.6. The van der Waals surface area contributed by atoms with E-state index in [0.29, 0.717) is 5.56 Å². The first-order chi connectivity index (χ1) is 7.99. The summed E-state index contributed by atoms with van der Waals surface area (Å²) in [5.74, 6) is -0.668. The van der Waals surface area contributed by atoms with Gasteiger partial charge in [-0.25, -0.2) is 4.39 Å². The van der Waals surface area contributed by atoms with Crippen molar-refractivity contribution in [3.8, 4) is 17.3 Å². The lowest BCUT2D eigenvalue weighted by molar-refractivity contribution is 0.448. The Labute approximate surface area is 112 Å². The summed E-state index contributed by atoms with van der Waals surface area (Å²) in [6, 6.07) is 4.14. The normalized spacial score (nSPS) is 10.5. The van der Waals surface area contributed by atoms with Gasteiger partial charge in [0.1, 0.15) is 16.1 Å². The molecular weight excluding hydrogens is 359 g/mol. The van der Waals surface area contributed by atoms with Crippen LogP contribution in [0.3, 0.4) is 0 Å². The second-order valence-corrected chi connectivity index (χ2v) is 4.83. The third-order valence-electron chi connectivity index (χ3n) is 2.04. The molecule has 0 atom stereocenters. The van der Waals surface area contributed by atoms with E-state index in [1.165, 1.54) is 18.2 Å². The summed E-state index contributed by atoms with van der Waals surface area (Å²) in [4.78, 5) is 17.6. The maximum atomic E-state index is 13.0. The molecule has 2 rings (SSSR count). The second kappa shape index (κ2) is 4.58. The van der Waals surface area contributed by atoms with E-state index < -0.39 is 17.3 Å². The Balaban J connectivity index is 2.61. The van der Waals surface area contributed by atoms with Crippen LogP contribution in [0.5, 0.6) is 5.88 Å². The van der Waals surface area contributed by atoms with Gasteiger partial charge in [-0.1, -0.05) is 0 Å². The third kappa shape index (κ3) is 2.39. The Kier molecular flexibility index (Phi) is 3.30. The van der Waals surface area contributed by atoms with Crippen molar-refractivity contribution < 1.29 is 9.50 Å². The molecule has 88 valence electrons. The summed E-state index contributed by atoms with van der Waals surface area (Å²) in [6.07, 6.45) is 0. The number of hydrogen-bond acceptors (Lipinski definition) is 3. The Hall–Kier alpha value is -1.21. The highest BCUT2D eigenvalue weighted by Gasteiger charge is 2.10. The number of H-pyrrole nitrogens is 1. The van der Waals surface area contributed by atoms with Gasteiger partial charge >= 0.3 is 0 Å². The fourth-order valence-electron chi connectivity index (χ4n) is 1.23. The highest BCUT2D eigenvalue weighted by Crippen LogP contribution is 2.24. The fraction of sp³-hybridized carbons (Fsp3) is 0. The summed E-state index contributed by atoms with van der Waals surface area (Å²) < 4.78 is 13.3. The maximum absolute atomic E-state index is 13.0. The lowest BCUT2D eigenvalue weighted by atomic mass is 10.2. The molecule has 0 fully saturated rings. The molecule has 7 heteroatoms. The van der Waals surface area contributed by atoms with Crippen LogP contribution in [-0.4, -0.2) is 15.1 Å². The molecule has 0 saturated carbocycles. The zero-order valence-corrected chi connectivity index (χ0v) is 11.3. The molecule has 2 aromatic rings. The maximum Gasteiger partial charge on any atom is 0.269 e. The standard InChI is InChI=1S/C10H5Br2FN2O2/c11-5-3-4(1-2-6(5)13)8-14-9(16)7(12)10(17)15-8/h1-3H,(H2,14,15,16,17). The number of nitrogens with one attached hydrogen (secondary N) is 1. The van der Waals surface area contributed by atoms with Crippen LogP contribution in [0.1, 0.15) is 0 Å². The quantitative estimate of drug-likeness (QED) is 0.818. The monoisotopic (exact) mass is 362 g/mol. The molecular formula is C10H5Br2FN2O2. The molecule has 0 aliphatic rings. The topological polar surface area (TPSA) is 66.0 Å². The van der Waals surface area contributed by atoms with Crippen molar-refractivity contribution in [3.63, 3.8) is 0 Å². The van der Waals surface area contributed by atoms with E-state index in [9.17, 15) is 14.3 Å². The van der Waals surface area contributed by atoms with Crippen LogP contribution in [-0.2, 0) is 0 Å². The number of hydrogen-bond donors (Lipinski definition) is 2. The molecule has 0 bridgehead atoms. The molecule has 1 aromatic carbocycles. The van der Waals surface area contributed by atoms with Crippen molar-refractivity contribution >= 4 is 31.9 Å². The molecule has 4 nitrogen and oxygen atoms in total. The summed E-state index contributed by atoms with van der Waals surface area (Å²) in [5, 5.41) is 9.40. The summed E-state index contributed by atoms with van der Waals surface area (Å²) in [5.41, 5.74) is -0.0221. The van der Waals surface area contributed by atoms with Crippen LogP contribution in [0.25, 0.3) is 11.4 Å². The van der Waals surface area contributed by atoms with Gasteiger partial charge in [-0.05, 0) is 50.1 Å². The number of benzene rings is 1. The fourth-order valence-corrected chi connectivity index (χ4v) is 1.79. The molecule has 1 heterocycles. The van der Waals surface area contributed by atoms with Gasteiger partial charge in [-0.2, -0.15) is 4.98 Å². The van der Waals surface area contributed by atoms with Crippen molar-refractivity contribution in [1.82, 2.24) is 9.97 Å². The Morgan fingerprint density at radius 2 is 2.06 bits per heavy atom. The van der Waals surface area contributed by atoms with Crippen LogP contribution >= 0.6 is 31.9 Å². The van der Waals surface area contributed by atoms with E-state index in [0.717, 1.165) is 0 Å². The van der Waals surface area contributed by atoms with Crippen molar-refractivity contribution in [1.29, 1.82) is 0 Å². The van der Waals surface area contributed by atoms with Crippen LogP contribution < -0.4 is 5.56 Å². The molecule has 0 unspecified atom stereocenters. The van der Waals surface area contributed by atoms with E-state index in [2.05, 4.69) is 41.8 Å². The molecule has 17 heavy (non-hydrogen) atoms. The van der Waals surface area contributed by atoms with Crippen LogP contribution in [0, 0.1) is 5.82 Å². The number of nitrogens with zero attached hydrogens (tertiary/aromatic N) is 1. The first-order valence-electron chi connectivity index (χ1n) is 4.43. The third-order valence-corrected chi connectivity index (χ3v) is 3.36. The molecule has 0 aliphatic heterocycles. The minimum absolute atomic E-state index is 0.0394. The van der Waals surface area contributed by atoms with Gasteiger partial charge in [0.05, 0.1) is 4.47 Å². The van der Waals surface area contributed by atoms with Gasteiger partial charge in [-0.15, -0.1) is 0 Å². The molecule has 0 spiro atoms. The number of aromatic nitrogens is 2. The predicted molar refractivity (Wildman–Crippen MR) is 67.3 cm³/mol. The Morgan fingerprint density at radius 1 is 1.35 bits per heavy atom. The van der Waals surface area contributed by atoms with E-state index in [1.807, 2.05) is 0 Å². The summed E-state index contributed by atoms with van der Waals surface area (Å²) in [7, 11) is 0. The van der Waals surface area contributed by atoms with E-state index in [-0.39, 0.29) is 14.8 Å². The summed E-state index contributed by atoms with van der Waals surface area (Å²) in [6.45, 7) is 0.